The first-order valence-electron chi connectivity index (χ1n) is 11.1. The number of piperazine rings is 1. The average molecular weight is 464 g/mol. The van der Waals surface area contributed by atoms with Crippen LogP contribution < -0.4 is 4.74 Å². The second kappa shape index (κ2) is 10.6. The van der Waals surface area contributed by atoms with Crippen molar-refractivity contribution in [3.8, 4) is 16.2 Å². The third kappa shape index (κ3) is 5.80. The van der Waals surface area contributed by atoms with Gasteiger partial charge in [-0.1, -0.05) is 60.7 Å². The van der Waals surface area contributed by atoms with Gasteiger partial charge in [0.25, 0.3) is 5.91 Å². The maximum atomic E-state index is 13.5. The van der Waals surface area contributed by atoms with Crippen LogP contribution >= 0.6 is 11.3 Å². The van der Waals surface area contributed by atoms with Crippen molar-refractivity contribution >= 4 is 23.2 Å². The van der Waals surface area contributed by atoms with Gasteiger partial charge in [0.1, 0.15) is 17.2 Å². The third-order valence-electron chi connectivity index (χ3n) is 5.56. The van der Waals surface area contributed by atoms with Crippen LogP contribution in [0.4, 0.5) is 0 Å². The van der Waals surface area contributed by atoms with Crippen LogP contribution in [-0.2, 0) is 11.4 Å². The Balaban J connectivity index is 1.51. The molecule has 1 saturated heterocycles. The second-order valence-electron chi connectivity index (χ2n) is 8.36. The van der Waals surface area contributed by atoms with E-state index in [9.17, 15) is 9.59 Å². The molecule has 1 aliphatic rings. The van der Waals surface area contributed by atoms with Crippen molar-refractivity contribution in [1.29, 1.82) is 0 Å². The Labute approximate surface area is 199 Å². The highest BCUT2D eigenvalue weighted by atomic mass is 32.1. The van der Waals surface area contributed by atoms with Gasteiger partial charge in [-0.25, -0.2) is 0 Å². The van der Waals surface area contributed by atoms with Crippen LogP contribution in [0.5, 0.6) is 5.75 Å². The smallest absolute Gasteiger partial charge is 0.267 e. The van der Waals surface area contributed by atoms with Crippen molar-refractivity contribution < 1.29 is 14.3 Å². The number of amides is 2. The summed E-state index contributed by atoms with van der Waals surface area (Å²) in [4.78, 5) is 33.0. The Morgan fingerprint density at radius 1 is 0.909 bits per heavy atom. The van der Waals surface area contributed by atoms with E-state index in [1.54, 1.807) is 0 Å². The van der Waals surface area contributed by atoms with Gasteiger partial charge in [0.05, 0.1) is 6.54 Å². The molecular formula is C26H29N3O3S. The van der Waals surface area contributed by atoms with Gasteiger partial charge in [0.2, 0.25) is 5.91 Å². The molecule has 0 radical (unpaired) electrons. The van der Waals surface area contributed by atoms with E-state index in [1.165, 1.54) is 11.3 Å². The lowest BCUT2D eigenvalue weighted by atomic mass is 10.2. The fourth-order valence-electron chi connectivity index (χ4n) is 3.78. The monoisotopic (exact) mass is 463 g/mol. The predicted octanol–water partition coefficient (Wildman–Crippen LogP) is 3.84. The summed E-state index contributed by atoms with van der Waals surface area (Å²) < 4.78 is 6.13. The molecule has 2 aromatic carbocycles. The molecule has 1 fully saturated rings. The van der Waals surface area contributed by atoms with E-state index < -0.39 is 0 Å². The Morgan fingerprint density at radius 2 is 1.52 bits per heavy atom. The number of benzene rings is 2. The van der Waals surface area contributed by atoms with E-state index in [4.69, 9.17) is 4.74 Å². The normalized spacial score (nSPS) is 13.9. The fraction of sp³-hybridized carbons (Fsp3) is 0.308. The largest absolute Gasteiger partial charge is 0.487 e. The molecule has 0 aliphatic carbocycles. The van der Waals surface area contributed by atoms with Crippen LogP contribution in [0.3, 0.4) is 0 Å². The Hall–Kier alpha value is -3.16. The lowest BCUT2D eigenvalue weighted by Crippen LogP contribution is -2.52. The van der Waals surface area contributed by atoms with E-state index in [0.717, 1.165) is 16.0 Å². The van der Waals surface area contributed by atoms with Crippen LogP contribution in [0.1, 0.15) is 15.2 Å². The zero-order valence-electron chi connectivity index (χ0n) is 19.1. The number of ether oxygens (including phenoxy) is 1. The Morgan fingerprint density at radius 3 is 2.15 bits per heavy atom. The molecule has 7 heteroatoms. The zero-order valence-corrected chi connectivity index (χ0v) is 19.9. The minimum atomic E-state index is -0.0371. The first-order valence-corrected chi connectivity index (χ1v) is 11.9. The molecule has 33 heavy (non-hydrogen) atoms. The van der Waals surface area contributed by atoms with E-state index in [-0.39, 0.29) is 11.8 Å². The summed E-state index contributed by atoms with van der Waals surface area (Å²) in [7, 11) is 3.77. The van der Waals surface area contributed by atoms with Gasteiger partial charge in [-0.2, -0.15) is 0 Å². The zero-order chi connectivity index (χ0) is 23.2. The maximum absolute atomic E-state index is 13.5. The third-order valence-corrected chi connectivity index (χ3v) is 6.71. The molecule has 1 aliphatic heterocycles. The van der Waals surface area contributed by atoms with Gasteiger partial charge in [-0.15, -0.1) is 11.3 Å². The molecule has 2 amide bonds. The van der Waals surface area contributed by atoms with Gasteiger partial charge in [0.15, 0.2) is 0 Å². The van der Waals surface area contributed by atoms with Gasteiger partial charge in [0, 0.05) is 31.1 Å². The van der Waals surface area contributed by atoms with E-state index in [2.05, 4.69) is 0 Å². The summed E-state index contributed by atoms with van der Waals surface area (Å²) in [6, 6.07) is 21.9. The molecule has 0 bridgehead atoms. The van der Waals surface area contributed by atoms with Crippen molar-refractivity contribution in [2.45, 2.75) is 6.61 Å². The number of thiophene rings is 1. The van der Waals surface area contributed by atoms with Gasteiger partial charge in [-0.05, 0) is 31.3 Å². The van der Waals surface area contributed by atoms with Gasteiger partial charge >= 0.3 is 0 Å². The summed E-state index contributed by atoms with van der Waals surface area (Å²) in [5.41, 5.74) is 2.11. The SMILES string of the molecule is CN(C)CC(=O)N1CCN(C(=O)c2sc(-c3ccccc3)cc2OCc2ccccc2)CC1. The number of likely N-dealkylation sites (N-methyl/N-ethyl adjacent to an activating group) is 1. The fourth-order valence-corrected chi connectivity index (χ4v) is 4.86. The molecular weight excluding hydrogens is 434 g/mol. The predicted molar refractivity (Wildman–Crippen MR) is 132 cm³/mol. The van der Waals surface area contributed by atoms with Crippen LogP contribution in [0, 0.1) is 0 Å². The van der Waals surface area contributed by atoms with Crippen LogP contribution in [0.2, 0.25) is 0 Å². The van der Waals surface area contributed by atoms with E-state index in [1.807, 2.05) is 95.5 Å². The molecule has 172 valence electrons. The number of hydrogen-bond acceptors (Lipinski definition) is 5. The van der Waals surface area contributed by atoms with E-state index in [0.29, 0.717) is 50.0 Å². The molecule has 4 rings (SSSR count). The second-order valence-corrected chi connectivity index (χ2v) is 9.41. The van der Waals surface area contributed by atoms with Crippen LogP contribution in [-0.4, -0.2) is 73.3 Å². The summed E-state index contributed by atoms with van der Waals surface area (Å²) in [5.74, 6) is 0.672. The van der Waals surface area contributed by atoms with Gasteiger partial charge in [-0.3, -0.25) is 9.59 Å². The molecule has 0 unspecified atom stereocenters. The number of carbonyl (C=O) groups is 2. The molecule has 0 spiro atoms. The minimum absolute atomic E-state index is 0.0371. The molecule has 0 saturated carbocycles. The summed E-state index contributed by atoms with van der Waals surface area (Å²) in [5, 5.41) is 0. The molecule has 1 aromatic heterocycles. The van der Waals surface area contributed by atoms with Crippen molar-refractivity contribution in [3.63, 3.8) is 0 Å². The summed E-state index contributed by atoms with van der Waals surface area (Å²) in [6.45, 7) is 2.93. The summed E-state index contributed by atoms with van der Waals surface area (Å²) in [6.07, 6.45) is 0. The minimum Gasteiger partial charge on any atom is -0.487 e. The van der Waals surface area contributed by atoms with Crippen molar-refractivity contribution in [3.05, 3.63) is 77.2 Å². The lowest BCUT2D eigenvalue weighted by Gasteiger charge is -2.35. The standard InChI is InChI=1S/C26H29N3O3S/c1-27(2)18-24(30)28-13-15-29(16-14-28)26(31)25-22(32-19-20-9-5-3-6-10-20)17-23(33-25)21-11-7-4-8-12-21/h3-12,17H,13-16,18-19H2,1-2H3. The lowest BCUT2D eigenvalue weighted by molar-refractivity contribution is -0.133. The Bertz CT molecular complexity index is 1070. The molecule has 3 aromatic rings. The molecule has 0 N–H and O–H groups in total. The van der Waals surface area contributed by atoms with Crippen molar-refractivity contribution in [1.82, 2.24) is 14.7 Å². The average Bonchev–Trinajstić information content (AvgIpc) is 3.27. The number of rotatable bonds is 7. The first-order chi connectivity index (χ1) is 16.0. The molecule has 0 atom stereocenters. The van der Waals surface area contributed by atoms with Gasteiger partial charge < -0.3 is 19.4 Å². The summed E-state index contributed by atoms with van der Waals surface area (Å²) >= 11 is 1.46. The quantitative estimate of drug-likeness (QED) is 0.534. The highest BCUT2D eigenvalue weighted by molar-refractivity contribution is 7.17. The van der Waals surface area contributed by atoms with Crippen LogP contribution in [0.15, 0.2) is 66.7 Å². The van der Waals surface area contributed by atoms with Crippen molar-refractivity contribution in [2.75, 3.05) is 46.8 Å². The molecule has 2 heterocycles. The highest BCUT2D eigenvalue weighted by Crippen LogP contribution is 2.37. The number of nitrogens with zero attached hydrogens (tertiary/aromatic N) is 3. The Kier molecular flexibility index (Phi) is 7.42. The topological polar surface area (TPSA) is 53.1 Å². The highest BCUT2D eigenvalue weighted by Gasteiger charge is 2.28. The molecule has 6 nitrogen and oxygen atoms in total. The number of hydrogen-bond donors (Lipinski definition) is 0. The maximum Gasteiger partial charge on any atom is 0.267 e. The first kappa shape index (κ1) is 23.0. The van der Waals surface area contributed by atoms with Crippen LogP contribution in [0.25, 0.3) is 10.4 Å². The van der Waals surface area contributed by atoms with E-state index >= 15 is 0 Å². The number of carbonyl (C=O) groups excluding carboxylic acids is 2. The van der Waals surface area contributed by atoms with Crippen molar-refractivity contribution in [2.24, 2.45) is 0 Å².